The standard InChI is InChI=1S/C20H28N4O3/c1-15(2)11-21-17(25)13-24-18(26)20(22-19(24)27)9-6-10-23(14-20)12-16-7-4-3-5-8-16/h3-5,7-8,15H,6,9-14H2,1-2H3,(H,21,25)(H,22,27). The van der Waals surface area contributed by atoms with Crippen LogP contribution in [0.1, 0.15) is 32.3 Å². The van der Waals surface area contributed by atoms with E-state index >= 15 is 0 Å². The zero-order chi connectivity index (χ0) is 19.4. The van der Waals surface area contributed by atoms with Gasteiger partial charge >= 0.3 is 6.03 Å². The molecule has 1 aromatic rings. The van der Waals surface area contributed by atoms with Crippen molar-refractivity contribution in [3.8, 4) is 0 Å². The fourth-order valence-corrected chi connectivity index (χ4v) is 3.73. The Kier molecular flexibility index (Phi) is 5.79. The third-order valence-corrected chi connectivity index (χ3v) is 5.08. The smallest absolute Gasteiger partial charge is 0.325 e. The van der Waals surface area contributed by atoms with Crippen molar-refractivity contribution in [2.75, 3.05) is 26.2 Å². The molecule has 0 radical (unpaired) electrons. The lowest BCUT2D eigenvalue weighted by molar-refractivity contribution is -0.136. The lowest BCUT2D eigenvalue weighted by Gasteiger charge is -2.38. The zero-order valence-electron chi connectivity index (χ0n) is 16.0. The summed E-state index contributed by atoms with van der Waals surface area (Å²) in [6, 6.07) is 9.61. The van der Waals surface area contributed by atoms with Gasteiger partial charge in [-0.15, -0.1) is 0 Å². The predicted molar refractivity (Wildman–Crippen MR) is 102 cm³/mol. The lowest BCUT2D eigenvalue weighted by atomic mass is 9.88. The van der Waals surface area contributed by atoms with Crippen LogP contribution in [0.3, 0.4) is 0 Å². The molecule has 3 rings (SSSR count). The summed E-state index contributed by atoms with van der Waals surface area (Å²) in [5, 5.41) is 5.63. The van der Waals surface area contributed by atoms with Crippen LogP contribution in [0.5, 0.6) is 0 Å². The van der Waals surface area contributed by atoms with E-state index in [0.717, 1.165) is 24.4 Å². The van der Waals surface area contributed by atoms with Crippen LogP contribution in [0.25, 0.3) is 0 Å². The highest BCUT2D eigenvalue weighted by Crippen LogP contribution is 2.29. The summed E-state index contributed by atoms with van der Waals surface area (Å²) in [5.74, 6) is -0.278. The van der Waals surface area contributed by atoms with Gasteiger partial charge < -0.3 is 10.6 Å². The Hall–Kier alpha value is -2.41. The molecule has 2 saturated heterocycles. The van der Waals surface area contributed by atoms with Gasteiger partial charge in [0.1, 0.15) is 12.1 Å². The van der Waals surface area contributed by atoms with Crippen LogP contribution in [-0.4, -0.2) is 59.4 Å². The van der Waals surface area contributed by atoms with E-state index in [0.29, 0.717) is 25.4 Å². The molecule has 1 aromatic carbocycles. The number of piperidine rings is 1. The maximum absolute atomic E-state index is 13.0. The molecule has 2 aliphatic heterocycles. The molecule has 1 unspecified atom stereocenters. The van der Waals surface area contributed by atoms with Crippen molar-refractivity contribution in [2.24, 2.45) is 5.92 Å². The van der Waals surface area contributed by atoms with Gasteiger partial charge in [-0.2, -0.15) is 0 Å². The number of nitrogens with one attached hydrogen (secondary N) is 2. The fourth-order valence-electron chi connectivity index (χ4n) is 3.73. The lowest BCUT2D eigenvalue weighted by Crippen LogP contribution is -2.58. The molecule has 4 amide bonds. The summed E-state index contributed by atoms with van der Waals surface area (Å²) in [4.78, 5) is 40.7. The minimum atomic E-state index is -0.914. The van der Waals surface area contributed by atoms with Crippen LogP contribution in [0.2, 0.25) is 0 Å². The minimum Gasteiger partial charge on any atom is -0.354 e. The minimum absolute atomic E-state index is 0.224. The number of benzene rings is 1. The van der Waals surface area contributed by atoms with E-state index < -0.39 is 11.6 Å². The summed E-state index contributed by atoms with van der Waals surface area (Å²) < 4.78 is 0. The number of urea groups is 1. The van der Waals surface area contributed by atoms with Gasteiger partial charge in [0.2, 0.25) is 5.91 Å². The molecule has 7 heteroatoms. The number of imide groups is 1. The van der Waals surface area contributed by atoms with Gasteiger partial charge in [0.25, 0.3) is 5.91 Å². The number of amides is 4. The van der Waals surface area contributed by atoms with E-state index in [1.807, 2.05) is 32.0 Å². The molecule has 2 heterocycles. The van der Waals surface area contributed by atoms with Crippen LogP contribution in [0.4, 0.5) is 4.79 Å². The molecule has 7 nitrogen and oxygen atoms in total. The predicted octanol–water partition coefficient (Wildman–Crippen LogP) is 1.35. The maximum atomic E-state index is 13.0. The van der Waals surface area contributed by atoms with Crippen molar-refractivity contribution in [3.63, 3.8) is 0 Å². The molecular formula is C20H28N4O3. The number of likely N-dealkylation sites (tertiary alicyclic amines) is 1. The van der Waals surface area contributed by atoms with Gasteiger partial charge in [0.05, 0.1) is 0 Å². The van der Waals surface area contributed by atoms with Crippen molar-refractivity contribution in [1.82, 2.24) is 20.4 Å². The number of hydrogen-bond donors (Lipinski definition) is 2. The van der Waals surface area contributed by atoms with Crippen LogP contribution in [0.15, 0.2) is 30.3 Å². The molecule has 0 aliphatic carbocycles. The van der Waals surface area contributed by atoms with Gasteiger partial charge in [-0.25, -0.2) is 4.79 Å². The molecule has 146 valence electrons. The first kappa shape index (κ1) is 19.4. The summed E-state index contributed by atoms with van der Waals surface area (Å²) in [6.45, 7) is 6.38. The normalized spacial score (nSPS) is 23.1. The van der Waals surface area contributed by atoms with E-state index in [9.17, 15) is 14.4 Å². The van der Waals surface area contributed by atoms with Crippen molar-refractivity contribution in [3.05, 3.63) is 35.9 Å². The molecule has 0 aromatic heterocycles. The molecular weight excluding hydrogens is 344 g/mol. The first-order valence-electron chi connectivity index (χ1n) is 9.57. The first-order valence-corrected chi connectivity index (χ1v) is 9.57. The van der Waals surface area contributed by atoms with Crippen molar-refractivity contribution in [2.45, 2.75) is 38.8 Å². The highest BCUT2D eigenvalue weighted by Gasteiger charge is 2.53. The Morgan fingerprint density at radius 2 is 2.00 bits per heavy atom. The molecule has 2 aliphatic rings. The number of carbonyl (C=O) groups excluding carboxylic acids is 3. The van der Waals surface area contributed by atoms with Gasteiger partial charge in [0, 0.05) is 19.6 Å². The molecule has 27 heavy (non-hydrogen) atoms. The monoisotopic (exact) mass is 372 g/mol. The number of rotatable bonds is 6. The van der Waals surface area contributed by atoms with Crippen LogP contribution >= 0.6 is 0 Å². The molecule has 1 spiro atoms. The van der Waals surface area contributed by atoms with Crippen molar-refractivity contribution < 1.29 is 14.4 Å². The SMILES string of the molecule is CC(C)CNC(=O)CN1C(=O)NC2(CCCN(Cc3ccccc3)C2)C1=O. The highest BCUT2D eigenvalue weighted by atomic mass is 16.2. The van der Waals surface area contributed by atoms with Crippen LogP contribution in [-0.2, 0) is 16.1 Å². The Balaban J connectivity index is 1.64. The van der Waals surface area contributed by atoms with E-state index in [4.69, 9.17) is 0 Å². The second-order valence-electron chi connectivity index (χ2n) is 7.90. The van der Waals surface area contributed by atoms with Gasteiger partial charge in [-0.05, 0) is 30.9 Å². The summed E-state index contributed by atoms with van der Waals surface area (Å²) in [5.41, 5.74) is 0.263. The third-order valence-electron chi connectivity index (χ3n) is 5.08. The molecule has 0 bridgehead atoms. The molecule has 0 saturated carbocycles. The molecule has 2 fully saturated rings. The Bertz CT molecular complexity index is 706. The van der Waals surface area contributed by atoms with Crippen LogP contribution in [0, 0.1) is 5.92 Å². The number of carbonyl (C=O) groups is 3. The number of nitrogens with zero attached hydrogens (tertiary/aromatic N) is 2. The number of hydrogen-bond acceptors (Lipinski definition) is 4. The van der Waals surface area contributed by atoms with Gasteiger partial charge in [-0.1, -0.05) is 44.2 Å². The average molecular weight is 372 g/mol. The quantitative estimate of drug-likeness (QED) is 0.739. The Morgan fingerprint density at radius 3 is 2.70 bits per heavy atom. The zero-order valence-corrected chi connectivity index (χ0v) is 16.0. The first-order chi connectivity index (χ1) is 12.9. The maximum Gasteiger partial charge on any atom is 0.325 e. The van der Waals surface area contributed by atoms with E-state index in [1.54, 1.807) is 0 Å². The Labute approximate surface area is 160 Å². The van der Waals surface area contributed by atoms with Crippen LogP contribution < -0.4 is 10.6 Å². The largest absolute Gasteiger partial charge is 0.354 e. The third kappa shape index (κ3) is 4.47. The second-order valence-corrected chi connectivity index (χ2v) is 7.90. The van der Waals surface area contributed by atoms with Gasteiger partial charge in [-0.3, -0.25) is 19.4 Å². The summed E-state index contributed by atoms with van der Waals surface area (Å²) >= 11 is 0. The van der Waals surface area contributed by atoms with E-state index in [1.165, 1.54) is 5.56 Å². The van der Waals surface area contributed by atoms with E-state index in [2.05, 4.69) is 27.7 Å². The average Bonchev–Trinajstić information content (AvgIpc) is 2.85. The van der Waals surface area contributed by atoms with Gasteiger partial charge in [0.15, 0.2) is 0 Å². The Morgan fingerprint density at radius 1 is 1.26 bits per heavy atom. The van der Waals surface area contributed by atoms with Crippen molar-refractivity contribution >= 4 is 17.8 Å². The summed E-state index contributed by atoms with van der Waals surface area (Å²) in [7, 11) is 0. The second kappa shape index (κ2) is 8.08. The highest BCUT2D eigenvalue weighted by molar-refractivity contribution is 6.09. The van der Waals surface area contributed by atoms with E-state index in [-0.39, 0.29) is 18.4 Å². The fraction of sp³-hybridized carbons (Fsp3) is 0.550. The topological polar surface area (TPSA) is 81.8 Å². The molecule has 2 N–H and O–H groups in total. The molecule has 1 atom stereocenters. The summed E-state index contributed by atoms with van der Waals surface area (Å²) in [6.07, 6.45) is 1.43. The van der Waals surface area contributed by atoms with Crippen molar-refractivity contribution in [1.29, 1.82) is 0 Å².